The van der Waals surface area contributed by atoms with E-state index in [0.717, 1.165) is 28.8 Å². The number of aliphatic imine (C=N–C) groups is 1. The number of sulfonamides is 1. The Morgan fingerprint density at radius 1 is 1.14 bits per heavy atom. The lowest BCUT2D eigenvalue weighted by Crippen LogP contribution is -2.34. The molecule has 10 nitrogen and oxygen atoms in total. The van der Waals surface area contributed by atoms with Crippen molar-refractivity contribution in [3.63, 3.8) is 0 Å². The minimum Gasteiger partial charge on any atom is -0.494 e. The number of benzene rings is 2. The van der Waals surface area contributed by atoms with Crippen LogP contribution in [0.2, 0.25) is 0 Å². The third-order valence-electron chi connectivity index (χ3n) is 7.98. The molecule has 220 valence electrons. The lowest BCUT2D eigenvalue weighted by molar-refractivity contribution is -0.115. The number of allylic oxidation sites excluding steroid dienone is 1. The van der Waals surface area contributed by atoms with Crippen LogP contribution in [0.15, 0.2) is 53.5 Å². The predicted molar refractivity (Wildman–Crippen MR) is 166 cm³/mol. The second kappa shape index (κ2) is 11.1. The molecule has 0 fully saturated rings. The van der Waals surface area contributed by atoms with E-state index in [0.29, 0.717) is 47.7 Å². The molecule has 0 radical (unpaired) electrons. The first kappa shape index (κ1) is 29.1. The highest BCUT2D eigenvalue weighted by atomic mass is 32.2. The molecule has 3 aromatic rings. The molecule has 42 heavy (non-hydrogen) atoms. The zero-order valence-corrected chi connectivity index (χ0v) is 25.2. The van der Waals surface area contributed by atoms with E-state index in [1.807, 2.05) is 51.1 Å². The third-order valence-corrected chi connectivity index (χ3v) is 9.19. The van der Waals surface area contributed by atoms with Crippen molar-refractivity contribution in [2.45, 2.75) is 39.5 Å². The zero-order chi connectivity index (χ0) is 30.3. The van der Waals surface area contributed by atoms with Gasteiger partial charge in [-0.05, 0) is 86.4 Å². The van der Waals surface area contributed by atoms with E-state index >= 15 is 0 Å². The van der Waals surface area contributed by atoms with Crippen LogP contribution in [-0.4, -0.2) is 67.0 Å². The lowest BCUT2D eigenvalue weighted by Gasteiger charge is -2.23. The number of rotatable bonds is 7. The third kappa shape index (κ3) is 5.20. The highest BCUT2D eigenvalue weighted by molar-refractivity contribution is 7.92. The molecule has 0 saturated heterocycles. The van der Waals surface area contributed by atoms with E-state index in [4.69, 9.17) is 4.99 Å². The number of nitrogens with zero attached hydrogens (tertiary/aromatic N) is 4. The number of hydrogen-bond acceptors (Lipinski definition) is 6. The highest BCUT2D eigenvalue weighted by Gasteiger charge is 2.34. The summed E-state index contributed by atoms with van der Waals surface area (Å²) < 4.78 is 26.4. The molecule has 2 N–H and O–H groups in total. The molecule has 1 aliphatic heterocycles. The van der Waals surface area contributed by atoms with Crippen molar-refractivity contribution >= 4 is 50.8 Å². The maximum Gasteiger partial charge on any atom is 0.331 e. The Hall–Kier alpha value is -4.38. The number of aromatic nitrogens is 1. The smallest absolute Gasteiger partial charge is 0.331 e. The van der Waals surface area contributed by atoms with Gasteiger partial charge in [0.15, 0.2) is 0 Å². The summed E-state index contributed by atoms with van der Waals surface area (Å²) in [6.45, 7) is 6.69. The van der Waals surface area contributed by atoms with Crippen LogP contribution in [0.5, 0.6) is 5.88 Å². The van der Waals surface area contributed by atoms with Gasteiger partial charge in [-0.2, -0.15) is 0 Å². The normalized spacial score (nSPS) is 16.2. The number of aromatic hydroxyl groups is 1. The van der Waals surface area contributed by atoms with Crippen LogP contribution in [-0.2, 0) is 21.2 Å². The summed E-state index contributed by atoms with van der Waals surface area (Å²) in [5.41, 5.74) is 6.19. The average molecular weight is 590 g/mol. The lowest BCUT2D eigenvalue weighted by atomic mass is 9.83. The first-order valence-electron chi connectivity index (χ1n) is 13.9. The van der Waals surface area contributed by atoms with Gasteiger partial charge in [0.2, 0.25) is 21.8 Å². The van der Waals surface area contributed by atoms with Gasteiger partial charge in [-0.15, -0.1) is 0 Å². The van der Waals surface area contributed by atoms with Crippen molar-refractivity contribution in [2.75, 3.05) is 36.0 Å². The van der Waals surface area contributed by atoms with Gasteiger partial charge in [0.05, 0.1) is 29.7 Å². The molecule has 5 rings (SSSR count). The Balaban J connectivity index is 1.63. The summed E-state index contributed by atoms with van der Waals surface area (Å²) in [4.78, 5) is 32.2. The maximum absolute atomic E-state index is 13.7. The van der Waals surface area contributed by atoms with Gasteiger partial charge in [-0.3, -0.25) is 14.1 Å². The van der Waals surface area contributed by atoms with Crippen molar-refractivity contribution in [2.24, 2.45) is 4.99 Å². The Bertz CT molecular complexity index is 1730. The minimum absolute atomic E-state index is 0.0831. The van der Waals surface area contributed by atoms with Crippen LogP contribution in [0.1, 0.15) is 49.9 Å². The van der Waals surface area contributed by atoms with Gasteiger partial charge in [0, 0.05) is 43.0 Å². The van der Waals surface area contributed by atoms with E-state index in [1.54, 1.807) is 29.2 Å². The zero-order valence-electron chi connectivity index (χ0n) is 24.4. The topological polar surface area (TPSA) is 124 Å². The first-order valence-corrected chi connectivity index (χ1v) is 15.7. The molecule has 0 saturated carbocycles. The monoisotopic (exact) mass is 589 g/mol. The van der Waals surface area contributed by atoms with Crippen molar-refractivity contribution in [3.05, 3.63) is 65.4 Å². The van der Waals surface area contributed by atoms with Gasteiger partial charge in [-0.25, -0.2) is 17.8 Å². The number of amides is 2. The van der Waals surface area contributed by atoms with Crippen LogP contribution in [0, 0.1) is 0 Å². The number of carbonyl (C=O) groups excluding carboxylic acids is 2. The standard InChI is InChI=1S/C31H35N5O5S/c1-6-35(7-2)31(39)36-26-10-8-9-24(19(3)32-22-12-14-23(15-13-22)34(4)42(5,40)41)29(26)28(30(36)38)20-11-16-25-21(17-20)18-27(37)33-25/h8,10-17,24,38H,6-7,9,18H2,1-5H3,(H,33,37). The van der Waals surface area contributed by atoms with Crippen LogP contribution in [0.3, 0.4) is 0 Å². The predicted octanol–water partition coefficient (Wildman–Crippen LogP) is 5.35. The van der Waals surface area contributed by atoms with Crippen LogP contribution in [0.4, 0.5) is 21.9 Å². The van der Waals surface area contributed by atoms with E-state index in [2.05, 4.69) is 5.32 Å². The molecule has 1 atom stereocenters. The summed E-state index contributed by atoms with van der Waals surface area (Å²) >= 11 is 0. The Morgan fingerprint density at radius 2 is 1.83 bits per heavy atom. The summed E-state index contributed by atoms with van der Waals surface area (Å²) in [6, 6.07) is 12.2. The van der Waals surface area contributed by atoms with Gasteiger partial charge < -0.3 is 15.3 Å². The van der Waals surface area contributed by atoms with Gasteiger partial charge >= 0.3 is 6.03 Å². The van der Waals surface area contributed by atoms with E-state index in [-0.39, 0.29) is 30.2 Å². The van der Waals surface area contributed by atoms with Crippen molar-refractivity contribution in [3.8, 4) is 17.0 Å². The summed E-state index contributed by atoms with van der Waals surface area (Å²) in [7, 11) is -1.89. The summed E-state index contributed by atoms with van der Waals surface area (Å²) in [5, 5.41) is 14.5. The van der Waals surface area contributed by atoms with Crippen molar-refractivity contribution in [1.29, 1.82) is 0 Å². The number of carbonyl (C=O) groups is 2. The molecular formula is C31H35N5O5S. The number of anilines is 2. The molecule has 2 heterocycles. The maximum atomic E-state index is 13.7. The molecule has 11 heteroatoms. The average Bonchev–Trinajstić information content (AvgIpc) is 3.47. The summed E-state index contributed by atoms with van der Waals surface area (Å²) in [5.74, 6) is -0.477. The van der Waals surface area contributed by atoms with Gasteiger partial charge in [0.25, 0.3) is 0 Å². The second-order valence-electron chi connectivity index (χ2n) is 10.6. The number of fused-ring (bicyclic) bond motifs is 2. The fraction of sp³-hybridized carbons (Fsp3) is 0.323. The fourth-order valence-electron chi connectivity index (χ4n) is 5.63. The Kier molecular flexibility index (Phi) is 7.72. The molecule has 0 spiro atoms. The molecule has 2 amide bonds. The molecular weight excluding hydrogens is 554 g/mol. The van der Waals surface area contributed by atoms with E-state index < -0.39 is 10.0 Å². The minimum atomic E-state index is -3.39. The highest BCUT2D eigenvalue weighted by Crippen LogP contribution is 2.47. The van der Waals surface area contributed by atoms with Gasteiger partial charge in [0.1, 0.15) is 0 Å². The molecule has 2 aromatic carbocycles. The van der Waals surface area contributed by atoms with Crippen LogP contribution >= 0.6 is 0 Å². The van der Waals surface area contributed by atoms with Crippen LogP contribution < -0.4 is 9.62 Å². The molecule has 2 aliphatic rings. The van der Waals surface area contributed by atoms with E-state index in [9.17, 15) is 23.1 Å². The Morgan fingerprint density at radius 3 is 2.48 bits per heavy atom. The van der Waals surface area contributed by atoms with E-state index in [1.165, 1.54) is 15.9 Å². The fourth-order valence-corrected chi connectivity index (χ4v) is 6.14. The SMILES string of the molecule is CCN(CC)C(=O)n1c(O)c(-c2ccc3c(c2)CC(=O)N3)c2c1C=CCC2C(C)=Nc1ccc(N(C)S(C)(=O)=O)cc1. The molecule has 0 bridgehead atoms. The molecule has 1 aliphatic carbocycles. The first-order chi connectivity index (χ1) is 19.9. The van der Waals surface area contributed by atoms with Gasteiger partial charge in [-0.1, -0.05) is 12.1 Å². The number of hydrogen-bond donors (Lipinski definition) is 2. The Labute approximate surface area is 246 Å². The number of nitrogens with one attached hydrogen (secondary N) is 1. The largest absolute Gasteiger partial charge is 0.494 e. The van der Waals surface area contributed by atoms with Crippen molar-refractivity contribution < 1.29 is 23.1 Å². The van der Waals surface area contributed by atoms with Crippen molar-refractivity contribution in [1.82, 2.24) is 9.47 Å². The summed E-state index contributed by atoms with van der Waals surface area (Å²) in [6.07, 6.45) is 5.86. The molecule has 1 unspecified atom stereocenters. The quantitative estimate of drug-likeness (QED) is 0.360. The molecule has 1 aromatic heterocycles. The second-order valence-corrected chi connectivity index (χ2v) is 12.6. The van der Waals surface area contributed by atoms with Crippen LogP contribution in [0.25, 0.3) is 17.2 Å².